The Kier molecular flexibility index (Phi) is 9.58. The number of carbonyl (C=O) groups is 1. The maximum Gasteiger partial charge on any atom is 0.246 e. The smallest absolute Gasteiger partial charge is 0.246 e. The molecule has 1 aliphatic rings. The van der Waals surface area contributed by atoms with Crippen LogP contribution >= 0.6 is 0 Å². The molecule has 156 valence electrons. The van der Waals surface area contributed by atoms with E-state index in [4.69, 9.17) is 5.73 Å². The van der Waals surface area contributed by atoms with Gasteiger partial charge >= 0.3 is 0 Å². The summed E-state index contributed by atoms with van der Waals surface area (Å²) in [5, 5.41) is 5.38. The molecule has 1 fully saturated rings. The van der Waals surface area contributed by atoms with Crippen molar-refractivity contribution < 1.29 is 4.79 Å². The molecule has 0 saturated carbocycles. The fourth-order valence-corrected chi connectivity index (χ4v) is 3.04. The number of hydrogen-bond acceptors (Lipinski definition) is 6. The van der Waals surface area contributed by atoms with Crippen molar-refractivity contribution in [2.24, 2.45) is 0 Å². The maximum absolute atomic E-state index is 12.3. The van der Waals surface area contributed by atoms with Gasteiger partial charge in [0, 0.05) is 25.7 Å². The van der Waals surface area contributed by atoms with Gasteiger partial charge in [0.15, 0.2) is 5.65 Å². The lowest BCUT2D eigenvalue weighted by Crippen LogP contribution is -2.28. The van der Waals surface area contributed by atoms with Crippen LogP contribution in [-0.2, 0) is 4.79 Å². The third kappa shape index (κ3) is 5.51. The van der Waals surface area contributed by atoms with Crippen LogP contribution in [0.1, 0.15) is 45.9 Å². The van der Waals surface area contributed by atoms with Gasteiger partial charge in [0.05, 0.1) is 17.1 Å². The van der Waals surface area contributed by atoms with Crippen LogP contribution in [0.3, 0.4) is 0 Å². The van der Waals surface area contributed by atoms with Crippen LogP contribution in [0.4, 0.5) is 5.82 Å². The average Bonchev–Trinajstić information content (AvgIpc) is 3.30. The minimum atomic E-state index is 0.0432. The van der Waals surface area contributed by atoms with E-state index in [9.17, 15) is 4.79 Å². The van der Waals surface area contributed by atoms with Crippen molar-refractivity contribution >= 4 is 22.8 Å². The minimum absolute atomic E-state index is 0.0432. The van der Waals surface area contributed by atoms with Gasteiger partial charge < -0.3 is 15.5 Å². The zero-order valence-corrected chi connectivity index (χ0v) is 18.3. The van der Waals surface area contributed by atoms with Gasteiger partial charge in [-0.05, 0) is 27.4 Å². The molecule has 1 saturated heterocycles. The molecule has 2 aromatic heterocycles. The molecular formula is C20H35N7O. The van der Waals surface area contributed by atoms with Crippen molar-refractivity contribution in [3.05, 3.63) is 24.2 Å². The molecule has 0 radical (unpaired) electrons. The standard InChI is InChI=1S/C16H23N7O.2C2H6/c1-11-14-15(17)18-10-19-16(14)23(20-11)12-6-8-22(9-12)13(24)5-4-7-21(2)3;2*1-2/h4-5,10,12H,6-9H2,1-3H3,(H2,17,18,19);2*1-2H3/b5-4+;;. The topological polar surface area (TPSA) is 93.2 Å². The van der Waals surface area contributed by atoms with E-state index in [1.54, 1.807) is 6.08 Å². The Labute approximate surface area is 168 Å². The Balaban J connectivity index is 0.000000921. The second-order valence-corrected chi connectivity index (χ2v) is 6.38. The highest BCUT2D eigenvalue weighted by Gasteiger charge is 2.29. The lowest BCUT2D eigenvalue weighted by atomic mass is 10.2. The van der Waals surface area contributed by atoms with Gasteiger partial charge in [-0.1, -0.05) is 33.8 Å². The van der Waals surface area contributed by atoms with Crippen molar-refractivity contribution in [1.82, 2.24) is 29.5 Å². The lowest BCUT2D eigenvalue weighted by Gasteiger charge is -2.15. The van der Waals surface area contributed by atoms with E-state index in [-0.39, 0.29) is 11.9 Å². The van der Waals surface area contributed by atoms with Gasteiger partial charge in [0.1, 0.15) is 12.1 Å². The second kappa shape index (κ2) is 11.4. The van der Waals surface area contributed by atoms with Gasteiger partial charge in [-0.15, -0.1) is 0 Å². The van der Waals surface area contributed by atoms with E-state index in [2.05, 4.69) is 15.1 Å². The largest absolute Gasteiger partial charge is 0.383 e. The summed E-state index contributed by atoms with van der Waals surface area (Å²) in [7, 11) is 3.94. The molecule has 0 aliphatic carbocycles. The monoisotopic (exact) mass is 389 g/mol. The molecule has 1 unspecified atom stereocenters. The number of anilines is 1. The summed E-state index contributed by atoms with van der Waals surface area (Å²) in [4.78, 5) is 24.5. The molecule has 0 bridgehead atoms. The number of aromatic nitrogens is 4. The summed E-state index contributed by atoms with van der Waals surface area (Å²) in [5.74, 6) is 0.489. The average molecular weight is 390 g/mol. The zero-order valence-electron chi connectivity index (χ0n) is 18.3. The number of aryl methyl sites for hydroxylation is 1. The Bertz CT molecular complexity index is 782. The summed E-state index contributed by atoms with van der Waals surface area (Å²) in [6, 6.07) is 0.113. The van der Waals surface area contributed by atoms with E-state index >= 15 is 0 Å². The molecule has 8 nitrogen and oxygen atoms in total. The van der Waals surface area contributed by atoms with Crippen LogP contribution in [0, 0.1) is 6.92 Å². The van der Waals surface area contributed by atoms with Crippen LogP contribution in [-0.4, -0.2) is 69.2 Å². The molecule has 0 aromatic carbocycles. The Morgan fingerprint density at radius 2 is 1.96 bits per heavy atom. The highest BCUT2D eigenvalue weighted by Crippen LogP contribution is 2.28. The number of hydrogen-bond donors (Lipinski definition) is 1. The fraction of sp³-hybridized carbons (Fsp3) is 0.600. The minimum Gasteiger partial charge on any atom is -0.383 e. The number of rotatable bonds is 4. The number of fused-ring (bicyclic) bond motifs is 1. The summed E-state index contributed by atoms with van der Waals surface area (Å²) in [5.41, 5.74) is 7.50. The molecule has 28 heavy (non-hydrogen) atoms. The summed E-state index contributed by atoms with van der Waals surface area (Å²) in [6.07, 6.45) is 5.84. The highest BCUT2D eigenvalue weighted by atomic mass is 16.2. The summed E-state index contributed by atoms with van der Waals surface area (Å²) in [6.45, 7) is 12.0. The van der Waals surface area contributed by atoms with Crippen LogP contribution in [0.2, 0.25) is 0 Å². The second-order valence-electron chi connectivity index (χ2n) is 6.38. The Morgan fingerprint density at radius 1 is 1.29 bits per heavy atom. The third-order valence-corrected chi connectivity index (χ3v) is 4.25. The predicted molar refractivity (Wildman–Crippen MR) is 115 cm³/mol. The number of likely N-dealkylation sites (N-methyl/N-ethyl adjacent to an activating group) is 1. The van der Waals surface area contributed by atoms with Gasteiger partial charge in [0.25, 0.3) is 0 Å². The SMILES string of the molecule is CC.CC.Cc1nn(C2CCN(C(=O)/C=C/CN(C)C)C2)c2ncnc(N)c12. The van der Waals surface area contributed by atoms with Crippen LogP contribution in [0.5, 0.6) is 0 Å². The Hall–Kier alpha value is -2.48. The number of nitrogens with zero attached hydrogens (tertiary/aromatic N) is 6. The Morgan fingerprint density at radius 3 is 2.61 bits per heavy atom. The van der Waals surface area contributed by atoms with Crippen molar-refractivity contribution in [3.63, 3.8) is 0 Å². The van der Waals surface area contributed by atoms with Crippen LogP contribution in [0.25, 0.3) is 11.0 Å². The molecule has 2 N–H and O–H groups in total. The third-order valence-electron chi connectivity index (χ3n) is 4.25. The van der Waals surface area contributed by atoms with Crippen molar-refractivity contribution in [1.29, 1.82) is 0 Å². The zero-order chi connectivity index (χ0) is 21.3. The molecule has 1 amide bonds. The van der Waals surface area contributed by atoms with Gasteiger partial charge in [0.2, 0.25) is 5.91 Å². The fourth-order valence-electron chi connectivity index (χ4n) is 3.04. The number of likely N-dealkylation sites (tertiary alicyclic amines) is 1. The quantitative estimate of drug-likeness (QED) is 0.808. The molecule has 1 aliphatic heterocycles. The highest BCUT2D eigenvalue weighted by molar-refractivity contribution is 5.89. The van der Waals surface area contributed by atoms with Crippen LogP contribution < -0.4 is 5.73 Å². The number of nitrogen functional groups attached to an aromatic ring is 1. The van der Waals surface area contributed by atoms with E-state index in [0.29, 0.717) is 12.4 Å². The molecule has 3 heterocycles. The first kappa shape index (κ1) is 23.6. The predicted octanol–water partition coefficient (Wildman–Crippen LogP) is 2.66. The van der Waals surface area contributed by atoms with E-state index in [1.165, 1.54) is 6.33 Å². The summed E-state index contributed by atoms with van der Waals surface area (Å²) >= 11 is 0. The van der Waals surface area contributed by atoms with Crippen LogP contribution in [0.15, 0.2) is 18.5 Å². The first-order chi connectivity index (χ1) is 13.5. The molecule has 3 rings (SSSR count). The van der Waals surface area contributed by atoms with E-state index < -0.39 is 0 Å². The van der Waals surface area contributed by atoms with Crippen molar-refractivity contribution in [2.45, 2.75) is 47.1 Å². The molecular weight excluding hydrogens is 354 g/mol. The normalized spacial score (nSPS) is 16.1. The maximum atomic E-state index is 12.3. The molecule has 8 heteroatoms. The first-order valence-corrected chi connectivity index (χ1v) is 10.0. The van der Waals surface area contributed by atoms with E-state index in [1.807, 2.05) is 69.3 Å². The molecule has 1 atom stereocenters. The van der Waals surface area contributed by atoms with Crippen molar-refractivity contribution in [2.75, 3.05) is 39.5 Å². The van der Waals surface area contributed by atoms with E-state index in [0.717, 1.165) is 36.2 Å². The number of nitrogens with two attached hydrogens (primary N) is 1. The van der Waals surface area contributed by atoms with Gasteiger partial charge in [-0.2, -0.15) is 5.10 Å². The molecule has 2 aromatic rings. The number of amides is 1. The summed E-state index contributed by atoms with van der Waals surface area (Å²) < 4.78 is 1.89. The van der Waals surface area contributed by atoms with Crippen molar-refractivity contribution in [3.8, 4) is 0 Å². The number of carbonyl (C=O) groups excluding carboxylic acids is 1. The first-order valence-electron chi connectivity index (χ1n) is 10.0. The molecule has 0 spiro atoms. The van der Waals surface area contributed by atoms with Gasteiger partial charge in [-0.3, -0.25) is 4.79 Å². The lowest BCUT2D eigenvalue weighted by molar-refractivity contribution is -0.125. The van der Waals surface area contributed by atoms with Gasteiger partial charge in [-0.25, -0.2) is 14.6 Å².